The van der Waals surface area contributed by atoms with Gasteiger partial charge in [-0.1, -0.05) is 11.6 Å². The highest BCUT2D eigenvalue weighted by atomic mass is 35.5. The fraction of sp³-hybridized carbons (Fsp3) is 0.273. The topological polar surface area (TPSA) is 48.5 Å². The summed E-state index contributed by atoms with van der Waals surface area (Å²) in [5.74, 6) is -0.248. The van der Waals surface area contributed by atoms with Crippen LogP contribution in [0.2, 0.25) is 5.02 Å². The highest BCUT2D eigenvalue weighted by Gasteiger charge is 2.09. The maximum absolute atomic E-state index is 13.8. The first-order valence-electron chi connectivity index (χ1n) is 5.25. The van der Waals surface area contributed by atoms with E-state index in [1.807, 2.05) is 0 Å². The van der Waals surface area contributed by atoms with E-state index in [1.165, 1.54) is 22.5 Å². The summed E-state index contributed by atoms with van der Waals surface area (Å²) in [5.41, 5.74) is 0.0682. The van der Waals surface area contributed by atoms with E-state index in [1.54, 1.807) is 14.1 Å². The SMILES string of the molecule is COc1cc(N=c2sc(=O)n(C)n2C)c(F)cc1Cl. The first-order valence-corrected chi connectivity index (χ1v) is 6.44. The Labute approximate surface area is 117 Å². The molecule has 1 aromatic heterocycles. The number of halogens is 2. The molecule has 0 aliphatic heterocycles. The number of benzene rings is 1. The van der Waals surface area contributed by atoms with Gasteiger partial charge < -0.3 is 4.74 Å². The molecule has 102 valence electrons. The summed E-state index contributed by atoms with van der Waals surface area (Å²) >= 11 is 6.73. The predicted octanol–water partition coefficient (Wildman–Crippen LogP) is 1.82. The van der Waals surface area contributed by atoms with Gasteiger partial charge in [-0.05, 0) is 17.4 Å². The normalized spacial score (nSPS) is 11.9. The fourth-order valence-corrected chi connectivity index (χ4v) is 2.46. The van der Waals surface area contributed by atoms with Crippen LogP contribution in [0.5, 0.6) is 5.75 Å². The van der Waals surface area contributed by atoms with Crippen molar-refractivity contribution in [3.8, 4) is 5.75 Å². The van der Waals surface area contributed by atoms with Gasteiger partial charge in [0.2, 0.25) is 4.80 Å². The van der Waals surface area contributed by atoms with Crippen LogP contribution in [-0.2, 0) is 14.1 Å². The van der Waals surface area contributed by atoms with Gasteiger partial charge in [-0.2, -0.15) is 0 Å². The number of nitrogens with zero attached hydrogens (tertiary/aromatic N) is 3. The molecule has 0 unspecified atom stereocenters. The maximum atomic E-state index is 13.8. The van der Waals surface area contributed by atoms with Crippen LogP contribution in [0.3, 0.4) is 0 Å². The molecule has 2 aromatic rings. The average molecular weight is 304 g/mol. The van der Waals surface area contributed by atoms with Gasteiger partial charge in [0.15, 0.2) is 5.82 Å². The van der Waals surface area contributed by atoms with Crippen LogP contribution in [0.25, 0.3) is 0 Å². The smallest absolute Gasteiger partial charge is 0.324 e. The molecule has 5 nitrogen and oxygen atoms in total. The van der Waals surface area contributed by atoms with Crippen molar-refractivity contribution in [2.45, 2.75) is 0 Å². The Morgan fingerprint density at radius 2 is 2.05 bits per heavy atom. The number of methoxy groups -OCH3 is 1. The average Bonchev–Trinajstić information content (AvgIpc) is 2.60. The molecule has 2 rings (SSSR count). The largest absolute Gasteiger partial charge is 0.495 e. The maximum Gasteiger partial charge on any atom is 0.324 e. The third-order valence-corrected chi connectivity index (χ3v) is 3.88. The highest BCUT2D eigenvalue weighted by molar-refractivity contribution is 7.06. The zero-order valence-corrected chi connectivity index (χ0v) is 12.0. The van der Waals surface area contributed by atoms with Crippen molar-refractivity contribution in [1.82, 2.24) is 9.36 Å². The number of ether oxygens (including phenoxy) is 1. The predicted molar refractivity (Wildman–Crippen MR) is 71.7 cm³/mol. The zero-order valence-electron chi connectivity index (χ0n) is 10.5. The van der Waals surface area contributed by atoms with Crippen LogP contribution < -0.4 is 14.4 Å². The fourth-order valence-electron chi connectivity index (χ4n) is 1.42. The second-order valence-corrected chi connectivity index (χ2v) is 5.07. The second kappa shape index (κ2) is 5.18. The molecular weight excluding hydrogens is 293 g/mol. The second-order valence-electron chi connectivity index (χ2n) is 3.75. The van der Waals surface area contributed by atoms with Crippen LogP contribution >= 0.6 is 22.9 Å². The minimum atomic E-state index is -0.575. The number of hydrogen-bond acceptors (Lipinski definition) is 4. The summed E-state index contributed by atoms with van der Waals surface area (Å²) in [6, 6.07) is 2.52. The summed E-state index contributed by atoms with van der Waals surface area (Å²) in [6.45, 7) is 0. The molecule has 0 amide bonds. The van der Waals surface area contributed by atoms with E-state index < -0.39 is 5.82 Å². The summed E-state index contributed by atoms with van der Waals surface area (Å²) < 4.78 is 21.7. The minimum Gasteiger partial charge on any atom is -0.495 e. The zero-order chi connectivity index (χ0) is 14.2. The van der Waals surface area contributed by atoms with Crippen molar-refractivity contribution >= 4 is 28.6 Å². The summed E-state index contributed by atoms with van der Waals surface area (Å²) in [5, 5.41) is 0.171. The third-order valence-electron chi connectivity index (χ3n) is 2.61. The van der Waals surface area contributed by atoms with Gasteiger partial charge in [-0.15, -0.1) is 0 Å². The van der Waals surface area contributed by atoms with Gasteiger partial charge in [0.25, 0.3) is 0 Å². The van der Waals surface area contributed by atoms with E-state index >= 15 is 0 Å². The molecule has 0 atom stereocenters. The monoisotopic (exact) mass is 303 g/mol. The van der Waals surface area contributed by atoms with Gasteiger partial charge in [0.05, 0.1) is 12.1 Å². The Morgan fingerprint density at radius 3 is 2.58 bits per heavy atom. The van der Waals surface area contributed by atoms with Crippen molar-refractivity contribution < 1.29 is 9.13 Å². The summed E-state index contributed by atoms with van der Waals surface area (Å²) in [4.78, 5) is 15.8. The lowest BCUT2D eigenvalue weighted by Gasteiger charge is -2.04. The van der Waals surface area contributed by atoms with Crippen molar-refractivity contribution in [1.29, 1.82) is 0 Å². The molecule has 19 heavy (non-hydrogen) atoms. The molecule has 0 aliphatic carbocycles. The molecule has 0 spiro atoms. The standard InChI is InChI=1S/C11H11ClFN3O2S/c1-15-10(19-11(17)16(15)2)14-8-5-9(18-3)6(12)4-7(8)13/h4-5H,1-3H3. The molecule has 1 aromatic carbocycles. The summed E-state index contributed by atoms with van der Waals surface area (Å²) in [7, 11) is 4.71. The van der Waals surface area contributed by atoms with Gasteiger partial charge in [0.1, 0.15) is 11.4 Å². The molecule has 0 bridgehead atoms. The number of hydrogen-bond donors (Lipinski definition) is 0. The van der Waals surface area contributed by atoms with Crippen LogP contribution in [0, 0.1) is 5.82 Å². The Morgan fingerprint density at radius 1 is 1.37 bits per heavy atom. The Balaban J connectivity index is 2.66. The Hall–Kier alpha value is -1.60. The molecule has 0 aliphatic rings. The molecule has 1 heterocycles. The van der Waals surface area contributed by atoms with Crippen molar-refractivity contribution in [3.05, 3.63) is 37.4 Å². The quantitative estimate of drug-likeness (QED) is 0.849. The lowest BCUT2D eigenvalue weighted by atomic mass is 10.3. The van der Waals surface area contributed by atoms with E-state index in [9.17, 15) is 9.18 Å². The molecule has 0 saturated carbocycles. The molecule has 0 fully saturated rings. The summed E-state index contributed by atoms with van der Waals surface area (Å²) in [6.07, 6.45) is 0. The third kappa shape index (κ3) is 2.57. The highest BCUT2D eigenvalue weighted by Crippen LogP contribution is 2.31. The van der Waals surface area contributed by atoms with E-state index in [-0.39, 0.29) is 15.6 Å². The minimum absolute atomic E-state index is 0.0682. The number of rotatable bonds is 2. The number of aromatic nitrogens is 2. The van der Waals surface area contributed by atoms with Gasteiger partial charge in [-0.25, -0.2) is 14.1 Å². The van der Waals surface area contributed by atoms with Crippen molar-refractivity contribution in [2.24, 2.45) is 19.1 Å². The van der Waals surface area contributed by atoms with Crippen molar-refractivity contribution in [2.75, 3.05) is 7.11 Å². The first kappa shape index (κ1) is 13.8. The van der Waals surface area contributed by atoms with E-state index in [4.69, 9.17) is 16.3 Å². The van der Waals surface area contributed by atoms with Crippen LogP contribution in [0.4, 0.5) is 10.1 Å². The molecular formula is C11H11ClFN3O2S. The van der Waals surface area contributed by atoms with E-state index in [2.05, 4.69) is 4.99 Å². The molecule has 0 N–H and O–H groups in total. The van der Waals surface area contributed by atoms with E-state index in [0.717, 1.165) is 17.4 Å². The van der Waals surface area contributed by atoms with E-state index in [0.29, 0.717) is 10.6 Å². The molecule has 8 heteroatoms. The van der Waals surface area contributed by atoms with Crippen molar-refractivity contribution in [3.63, 3.8) is 0 Å². The molecule has 0 saturated heterocycles. The Bertz CT molecular complexity index is 747. The first-order chi connectivity index (χ1) is 8.93. The van der Waals surface area contributed by atoms with Gasteiger partial charge in [-0.3, -0.25) is 9.48 Å². The van der Waals surface area contributed by atoms with Crippen LogP contribution in [-0.4, -0.2) is 16.5 Å². The van der Waals surface area contributed by atoms with Gasteiger partial charge >= 0.3 is 4.87 Å². The lowest BCUT2D eigenvalue weighted by molar-refractivity contribution is 0.414. The lowest BCUT2D eigenvalue weighted by Crippen LogP contribution is -2.21. The van der Waals surface area contributed by atoms with Crippen LogP contribution in [0.15, 0.2) is 21.9 Å². The van der Waals surface area contributed by atoms with Gasteiger partial charge in [0, 0.05) is 20.2 Å². The van der Waals surface area contributed by atoms with Crippen LogP contribution in [0.1, 0.15) is 0 Å². The molecule has 0 radical (unpaired) electrons. The Kier molecular flexibility index (Phi) is 3.77.